The zero-order valence-corrected chi connectivity index (χ0v) is 40.9. The topological polar surface area (TPSA) is 0 Å². The van der Waals surface area contributed by atoms with Gasteiger partial charge in [-0.15, -0.1) is 25.7 Å². The van der Waals surface area contributed by atoms with Gasteiger partial charge in [0.05, 0.1) is 0 Å². The second kappa shape index (κ2) is 32.0. The first-order valence-corrected chi connectivity index (χ1v) is 30.6. The predicted octanol–water partition coefficient (Wildman–Crippen LogP) is 4.90. The average molecular weight is 1060 g/mol. The number of hydrogen-bond acceptors (Lipinski definition) is 0. The first kappa shape index (κ1) is 49.9. The van der Waals surface area contributed by atoms with Crippen LogP contribution in [0.15, 0.2) is 70.9 Å². The molecule has 0 aromatic rings. The van der Waals surface area contributed by atoms with Gasteiger partial charge in [0, 0.05) is 0 Å². The molecule has 4 aliphatic carbocycles. The van der Waals surface area contributed by atoms with Crippen LogP contribution >= 0.6 is 0 Å². The molecule has 0 unspecified atom stereocenters. The van der Waals surface area contributed by atoms with Crippen LogP contribution in [0.5, 0.6) is 0 Å². The SMILES string of the molecule is CC(C)C1=[C-]CC=C1.CC(C)C1=[C-]CC=C1.CC(C)C1=[C-]CC=C1.CC(C)C1=[C-]CC=C1.C[Si](C)=[Hf+2].C[Si](C)=[Hf+2].[Br-].[Br-]. The summed E-state index contributed by atoms with van der Waals surface area (Å²) in [5.41, 5.74) is 5.98. The van der Waals surface area contributed by atoms with Crippen LogP contribution in [0, 0.1) is 48.0 Å². The minimum absolute atomic E-state index is 0. The molecule has 0 aliphatic heterocycles. The van der Waals surface area contributed by atoms with Gasteiger partial charge in [-0.2, -0.15) is 24.3 Å². The van der Waals surface area contributed by atoms with Gasteiger partial charge in [0.15, 0.2) is 0 Å². The molecule has 0 amide bonds. The molecule has 0 spiro atoms. The number of hydrogen-bond donors (Lipinski definition) is 0. The molecule has 0 heterocycles. The molecule has 0 fully saturated rings. The van der Waals surface area contributed by atoms with Crippen LogP contribution in [0.3, 0.4) is 0 Å². The van der Waals surface area contributed by atoms with E-state index in [1.807, 2.05) is 0 Å². The van der Waals surface area contributed by atoms with E-state index in [-0.39, 0.29) is 45.0 Å². The largest absolute Gasteiger partial charge is 1.00 e. The van der Waals surface area contributed by atoms with Gasteiger partial charge in [0.2, 0.25) is 0 Å². The Balaban J connectivity index is -0.000000209. The summed E-state index contributed by atoms with van der Waals surface area (Å²) in [4.78, 5) is 0. The van der Waals surface area contributed by atoms with Crippen molar-refractivity contribution in [3.8, 4) is 0 Å². The van der Waals surface area contributed by atoms with Crippen LogP contribution < -0.4 is 34.0 Å². The zero-order valence-electron chi connectivity index (χ0n) is 28.5. The van der Waals surface area contributed by atoms with Crippen LogP contribution in [-0.4, -0.2) is 11.0 Å². The minimum Gasteiger partial charge on any atom is -1.00 e. The van der Waals surface area contributed by atoms with E-state index in [0.717, 1.165) is 25.7 Å². The molecule has 6 heteroatoms. The maximum absolute atomic E-state index is 3.26. The van der Waals surface area contributed by atoms with E-state index in [2.05, 4.69) is 154 Å². The summed E-state index contributed by atoms with van der Waals surface area (Å²) >= 11 is 2.90. The van der Waals surface area contributed by atoms with Crippen molar-refractivity contribution in [1.29, 1.82) is 0 Å². The smallest absolute Gasteiger partial charge is 1.00 e. The third-order valence-corrected chi connectivity index (χ3v) is 5.37. The van der Waals surface area contributed by atoms with Crippen molar-refractivity contribution < 1.29 is 80.0 Å². The van der Waals surface area contributed by atoms with E-state index in [4.69, 9.17) is 0 Å². The van der Waals surface area contributed by atoms with Crippen LogP contribution in [-0.2, 0) is 46.0 Å². The van der Waals surface area contributed by atoms with E-state index in [0.29, 0.717) is 23.7 Å². The second-order valence-corrected chi connectivity index (χ2v) is 37.1. The molecule has 0 saturated carbocycles. The van der Waals surface area contributed by atoms with Gasteiger partial charge in [0.1, 0.15) is 0 Å². The minimum atomic E-state index is 0. The van der Waals surface area contributed by atoms with Gasteiger partial charge in [-0.05, 0) is 0 Å². The normalized spacial score (nSPS) is 14.8. The third kappa shape index (κ3) is 32.4. The molecule has 0 aromatic carbocycles. The summed E-state index contributed by atoms with van der Waals surface area (Å²) in [5, 5.41) is 0. The van der Waals surface area contributed by atoms with Gasteiger partial charge < -0.3 is 34.0 Å². The van der Waals surface area contributed by atoms with Crippen molar-refractivity contribution in [2.45, 2.75) is 107 Å². The van der Waals surface area contributed by atoms with E-state index in [1.165, 1.54) is 68.3 Å². The molecule has 4 rings (SSSR count). The van der Waals surface area contributed by atoms with Gasteiger partial charge in [-0.3, -0.25) is 24.3 Å². The van der Waals surface area contributed by atoms with Crippen molar-refractivity contribution in [3.05, 3.63) is 95.2 Å². The summed E-state index contributed by atoms with van der Waals surface area (Å²) in [5.74, 6) is 2.64. The second-order valence-electron chi connectivity index (χ2n) is 11.6. The number of rotatable bonds is 4. The molecule has 0 bridgehead atoms. The van der Waals surface area contributed by atoms with E-state index in [9.17, 15) is 0 Å². The van der Waals surface area contributed by atoms with E-state index < -0.39 is 0 Å². The fraction of sp³-hybridized carbons (Fsp3) is 0.556. The number of halogens is 2. The van der Waals surface area contributed by atoms with E-state index >= 15 is 0 Å². The predicted molar refractivity (Wildman–Crippen MR) is 176 cm³/mol. The van der Waals surface area contributed by atoms with Crippen LogP contribution in [0.2, 0.25) is 26.2 Å². The Bertz CT molecular complexity index is 834. The molecular formula is C36H56Br2Hf2Si2-2. The summed E-state index contributed by atoms with van der Waals surface area (Å²) < 4.78 is 0. The Kier molecular flexibility index (Phi) is 38.1. The Labute approximate surface area is 313 Å². The van der Waals surface area contributed by atoms with Crippen molar-refractivity contribution >= 4 is 11.0 Å². The molecular weight excluding hydrogens is 1010 g/mol. The molecule has 232 valence electrons. The summed E-state index contributed by atoms with van der Waals surface area (Å²) in [6.07, 6.45) is 34.4. The van der Waals surface area contributed by atoms with Crippen molar-refractivity contribution in [2.24, 2.45) is 23.7 Å². The molecule has 4 aliphatic rings. The molecule has 0 radical (unpaired) electrons. The standard InChI is InChI=1S/4C8H11.2C2H6Si.2BrH.2Hf/c4*1-7(2)8-5-3-4-6-8;2*1-3-2;;;;/h4*3,5,7H,4H2,1-2H3;2*1-2H3;2*1H;;/q4*-1;;;;;2*+2/p-2. The van der Waals surface area contributed by atoms with Gasteiger partial charge in [-0.1, -0.05) is 79.1 Å². The van der Waals surface area contributed by atoms with Crippen LogP contribution in [0.4, 0.5) is 0 Å². The monoisotopic (exact) mass is 1060 g/mol. The Morgan fingerprint density at radius 1 is 0.452 bits per heavy atom. The maximum Gasteiger partial charge on any atom is -1.00 e. The fourth-order valence-corrected chi connectivity index (χ4v) is 3.27. The van der Waals surface area contributed by atoms with E-state index in [1.54, 1.807) is 0 Å². The first-order valence-electron chi connectivity index (χ1n) is 14.8. The number of allylic oxidation sites excluding steroid dienone is 16. The first-order chi connectivity index (χ1) is 18.7. The third-order valence-electron chi connectivity index (χ3n) is 5.37. The Morgan fingerprint density at radius 3 is 0.643 bits per heavy atom. The van der Waals surface area contributed by atoms with Gasteiger partial charge in [0.25, 0.3) is 0 Å². The Hall–Kier alpha value is 1.05. The molecule has 42 heavy (non-hydrogen) atoms. The van der Waals surface area contributed by atoms with Crippen LogP contribution in [0.1, 0.15) is 81.1 Å². The molecule has 0 saturated heterocycles. The summed E-state index contributed by atoms with van der Waals surface area (Å²) in [7, 11) is 0. The molecule has 0 N–H and O–H groups in total. The molecule has 0 nitrogen and oxygen atoms in total. The Morgan fingerprint density at radius 2 is 0.595 bits per heavy atom. The molecule has 0 aromatic heterocycles. The van der Waals surface area contributed by atoms with Crippen LogP contribution in [0.25, 0.3) is 0 Å². The average Bonchev–Trinajstić information content (AvgIpc) is 3.68. The van der Waals surface area contributed by atoms with Gasteiger partial charge >= 0.3 is 83.2 Å². The van der Waals surface area contributed by atoms with Crippen molar-refractivity contribution in [1.82, 2.24) is 0 Å². The maximum atomic E-state index is 3.26. The quantitative estimate of drug-likeness (QED) is 0.278. The van der Waals surface area contributed by atoms with Crippen molar-refractivity contribution in [2.75, 3.05) is 0 Å². The van der Waals surface area contributed by atoms with Crippen molar-refractivity contribution in [3.63, 3.8) is 0 Å². The zero-order chi connectivity index (χ0) is 31.1. The molecule has 0 atom stereocenters. The van der Waals surface area contributed by atoms with Gasteiger partial charge in [-0.25, -0.2) is 46.6 Å². The summed E-state index contributed by atoms with van der Waals surface area (Å²) in [6.45, 7) is 26.9. The summed E-state index contributed by atoms with van der Waals surface area (Å²) in [6, 6.07) is 0. The fourth-order valence-electron chi connectivity index (χ4n) is 3.27.